The summed E-state index contributed by atoms with van der Waals surface area (Å²) in [4.78, 5) is 27.0. The van der Waals surface area contributed by atoms with Gasteiger partial charge in [0.2, 0.25) is 0 Å². The smallest absolute Gasteiger partial charge is 0.266 e. The number of piperidine rings is 1. The number of hydrogen-bond donors (Lipinski definition) is 1. The summed E-state index contributed by atoms with van der Waals surface area (Å²) in [5.41, 5.74) is 1.60. The molecule has 2 aromatic rings. The molecule has 1 N–H and O–H groups in total. The fourth-order valence-corrected chi connectivity index (χ4v) is 4.36. The third-order valence-corrected chi connectivity index (χ3v) is 6.13. The number of phenolic OH excluding ortho intramolecular Hbond substituents is 1. The second-order valence-electron chi connectivity index (χ2n) is 8.20. The Bertz CT molecular complexity index is 1000. The van der Waals surface area contributed by atoms with Gasteiger partial charge < -0.3 is 14.9 Å². The minimum Gasteiger partial charge on any atom is -0.504 e. The summed E-state index contributed by atoms with van der Waals surface area (Å²) in [7, 11) is 0. The average molecular weight is 432 g/mol. The largest absolute Gasteiger partial charge is 0.504 e. The first-order valence-electron chi connectivity index (χ1n) is 10.3. The molecule has 2 aliphatic rings. The lowest BCUT2D eigenvalue weighted by Crippen LogP contribution is -2.38. The average Bonchev–Trinajstić information content (AvgIpc) is 3.15. The van der Waals surface area contributed by atoms with E-state index in [0.29, 0.717) is 38.8 Å². The number of phenols is 1. The van der Waals surface area contributed by atoms with Crippen molar-refractivity contribution in [3.05, 3.63) is 58.9 Å². The summed E-state index contributed by atoms with van der Waals surface area (Å²) < 4.78 is 40.9. The monoisotopic (exact) mass is 432 g/mol. The van der Waals surface area contributed by atoms with Crippen LogP contribution in [-0.2, 0) is 0 Å². The zero-order valence-corrected chi connectivity index (χ0v) is 16.9. The van der Waals surface area contributed by atoms with Crippen LogP contribution in [0.15, 0.2) is 36.4 Å². The highest BCUT2D eigenvalue weighted by Crippen LogP contribution is 2.35. The third kappa shape index (κ3) is 4.38. The van der Waals surface area contributed by atoms with Crippen molar-refractivity contribution in [1.29, 1.82) is 0 Å². The maximum absolute atomic E-state index is 13.8. The van der Waals surface area contributed by atoms with Crippen LogP contribution in [0.4, 0.5) is 18.9 Å². The minimum absolute atomic E-state index is 0.0211. The first kappa shape index (κ1) is 21.2. The Kier molecular flexibility index (Phi) is 5.64. The van der Waals surface area contributed by atoms with E-state index in [2.05, 4.69) is 0 Å². The molecule has 2 fully saturated rings. The standard InChI is InChI=1S/C23H23F3N2O3/c24-20-12-17(10-18(13-29)21(20)30)22(31)27-7-4-15(5-8-27)16-2-1-3-19(11-16)28-9-6-23(25,26)14-28/h1-3,10-13,15,30H,4-9,14H2. The number of aromatic hydroxyl groups is 1. The summed E-state index contributed by atoms with van der Waals surface area (Å²) in [5.74, 6) is -4.63. The number of rotatable bonds is 4. The zero-order chi connectivity index (χ0) is 22.2. The van der Waals surface area contributed by atoms with E-state index in [1.54, 1.807) is 9.80 Å². The molecule has 0 aromatic heterocycles. The van der Waals surface area contributed by atoms with Crippen LogP contribution in [0.25, 0.3) is 0 Å². The number of likely N-dealkylation sites (tertiary alicyclic amines) is 1. The first-order valence-corrected chi connectivity index (χ1v) is 10.3. The molecule has 164 valence electrons. The van der Waals surface area contributed by atoms with Crippen LogP contribution in [0.2, 0.25) is 0 Å². The molecule has 0 saturated carbocycles. The van der Waals surface area contributed by atoms with Crippen molar-refractivity contribution in [2.45, 2.75) is 31.1 Å². The van der Waals surface area contributed by atoms with Gasteiger partial charge in [0.05, 0.1) is 12.1 Å². The maximum Gasteiger partial charge on any atom is 0.266 e. The fraction of sp³-hybridized carbons (Fsp3) is 0.391. The number of carbonyl (C=O) groups excluding carboxylic acids is 2. The van der Waals surface area contributed by atoms with Crippen LogP contribution in [0.1, 0.15) is 51.5 Å². The Balaban J connectivity index is 1.42. The lowest BCUT2D eigenvalue weighted by atomic mass is 9.89. The molecule has 2 aromatic carbocycles. The Morgan fingerprint density at radius 1 is 1.13 bits per heavy atom. The molecule has 1 amide bonds. The lowest BCUT2D eigenvalue weighted by molar-refractivity contribution is 0.0257. The third-order valence-electron chi connectivity index (χ3n) is 6.13. The number of amides is 1. The van der Waals surface area contributed by atoms with Crippen LogP contribution in [0.5, 0.6) is 5.75 Å². The van der Waals surface area contributed by atoms with Gasteiger partial charge >= 0.3 is 0 Å². The van der Waals surface area contributed by atoms with Crippen LogP contribution in [0.3, 0.4) is 0 Å². The molecule has 2 heterocycles. The van der Waals surface area contributed by atoms with Crippen molar-refractivity contribution in [3.63, 3.8) is 0 Å². The molecule has 8 heteroatoms. The van der Waals surface area contributed by atoms with Crippen molar-refractivity contribution in [3.8, 4) is 5.75 Å². The van der Waals surface area contributed by atoms with Crippen molar-refractivity contribution < 1.29 is 27.9 Å². The molecule has 0 aliphatic carbocycles. The number of benzene rings is 2. The number of alkyl halides is 2. The lowest BCUT2D eigenvalue weighted by Gasteiger charge is -2.33. The van der Waals surface area contributed by atoms with Gasteiger partial charge in [-0.15, -0.1) is 0 Å². The van der Waals surface area contributed by atoms with Crippen LogP contribution < -0.4 is 4.90 Å². The number of carbonyl (C=O) groups is 2. The van der Waals surface area contributed by atoms with Crippen LogP contribution in [-0.4, -0.2) is 54.3 Å². The van der Waals surface area contributed by atoms with E-state index in [1.807, 2.05) is 24.3 Å². The van der Waals surface area contributed by atoms with Gasteiger partial charge in [-0.05, 0) is 48.6 Å². The van der Waals surface area contributed by atoms with Gasteiger partial charge in [0.1, 0.15) is 0 Å². The summed E-state index contributed by atoms with van der Waals surface area (Å²) in [6.45, 7) is 0.966. The van der Waals surface area contributed by atoms with E-state index in [0.717, 1.165) is 17.3 Å². The second-order valence-corrected chi connectivity index (χ2v) is 8.20. The highest BCUT2D eigenvalue weighted by Gasteiger charge is 2.38. The highest BCUT2D eigenvalue weighted by atomic mass is 19.3. The molecule has 0 spiro atoms. The number of nitrogens with zero attached hydrogens (tertiary/aromatic N) is 2. The first-order chi connectivity index (χ1) is 14.8. The van der Waals surface area contributed by atoms with Gasteiger partial charge in [-0.25, -0.2) is 13.2 Å². The molecule has 2 aliphatic heterocycles. The molecular weight excluding hydrogens is 409 g/mol. The minimum atomic E-state index is -2.65. The Morgan fingerprint density at radius 3 is 2.52 bits per heavy atom. The van der Waals surface area contributed by atoms with Gasteiger partial charge in [0, 0.05) is 37.3 Å². The molecule has 2 saturated heterocycles. The van der Waals surface area contributed by atoms with Crippen LogP contribution >= 0.6 is 0 Å². The summed E-state index contributed by atoms with van der Waals surface area (Å²) >= 11 is 0. The quantitative estimate of drug-likeness (QED) is 0.736. The van der Waals surface area contributed by atoms with Crippen molar-refractivity contribution in [2.75, 3.05) is 31.1 Å². The molecule has 5 nitrogen and oxygen atoms in total. The molecule has 31 heavy (non-hydrogen) atoms. The Hall–Kier alpha value is -3.03. The van der Waals surface area contributed by atoms with Crippen molar-refractivity contribution >= 4 is 17.9 Å². The van der Waals surface area contributed by atoms with E-state index in [4.69, 9.17) is 0 Å². The zero-order valence-electron chi connectivity index (χ0n) is 16.9. The summed E-state index contributed by atoms with van der Waals surface area (Å²) in [6, 6.07) is 9.77. The Labute approximate surface area is 178 Å². The summed E-state index contributed by atoms with van der Waals surface area (Å²) in [6.07, 6.45) is 1.55. The molecule has 0 atom stereocenters. The normalized spacial score (nSPS) is 18.9. The maximum atomic E-state index is 13.8. The number of halogens is 3. The number of anilines is 1. The van der Waals surface area contributed by atoms with E-state index in [1.165, 1.54) is 6.07 Å². The Morgan fingerprint density at radius 2 is 1.87 bits per heavy atom. The molecule has 0 radical (unpaired) electrons. The van der Waals surface area contributed by atoms with Crippen LogP contribution in [0, 0.1) is 5.82 Å². The second kappa shape index (κ2) is 8.24. The highest BCUT2D eigenvalue weighted by molar-refractivity contribution is 5.96. The van der Waals surface area contributed by atoms with E-state index in [-0.39, 0.29) is 30.0 Å². The molecule has 0 unspecified atom stereocenters. The van der Waals surface area contributed by atoms with Gasteiger partial charge in [-0.2, -0.15) is 0 Å². The van der Waals surface area contributed by atoms with Crippen molar-refractivity contribution in [1.82, 2.24) is 4.90 Å². The van der Waals surface area contributed by atoms with Gasteiger partial charge in [-0.1, -0.05) is 12.1 Å². The van der Waals surface area contributed by atoms with Gasteiger partial charge in [0.15, 0.2) is 17.9 Å². The number of aldehydes is 1. The van der Waals surface area contributed by atoms with Crippen molar-refractivity contribution in [2.24, 2.45) is 0 Å². The molecular formula is C23H23F3N2O3. The molecule has 4 rings (SSSR count). The van der Waals surface area contributed by atoms with E-state index >= 15 is 0 Å². The van der Waals surface area contributed by atoms with E-state index < -0.39 is 23.4 Å². The molecule has 0 bridgehead atoms. The summed E-state index contributed by atoms with van der Waals surface area (Å²) in [5, 5.41) is 9.53. The van der Waals surface area contributed by atoms with Gasteiger partial charge in [0.25, 0.3) is 11.8 Å². The topological polar surface area (TPSA) is 60.9 Å². The fourth-order valence-electron chi connectivity index (χ4n) is 4.36. The predicted octanol–water partition coefficient (Wildman–Crippen LogP) is 4.21. The van der Waals surface area contributed by atoms with Gasteiger partial charge in [-0.3, -0.25) is 9.59 Å². The van der Waals surface area contributed by atoms with E-state index in [9.17, 15) is 27.9 Å². The predicted molar refractivity (Wildman–Crippen MR) is 110 cm³/mol. The number of hydrogen-bond acceptors (Lipinski definition) is 4. The SMILES string of the molecule is O=Cc1cc(C(=O)N2CCC(c3cccc(N4CCC(F)(F)C4)c3)CC2)cc(F)c1O.